The number of hydrogen-bond acceptors (Lipinski definition) is 3. The molecule has 3 aliphatic rings. The van der Waals surface area contributed by atoms with Gasteiger partial charge in [0.15, 0.2) is 0 Å². The smallest absolute Gasteiger partial charge is 0.264 e. The number of thiophene rings is 1. The van der Waals surface area contributed by atoms with E-state index in [1.54, 1.807) is 0 Å². The second-order valence-corrected chi connectivity index (χ2v) is 20.8. The Bertz CT molecular complexity index is 2700. The Balaban J connectivity index is 1.35. The fraction of sp³-hybridized carbons (Fsp3) is 0.283. The Hall–Kier alpha value is -5.06. The molecule has 0 saturated heterocycles. The van der Waals surface area contributed by atoms with E-state index in [9.17, 15) is 0 Å². The molecule has 0 fully saturated rings. The fourth-order valence-corrected chi connectivity index (χ4v) is 11.4. The van der Waals surface area contributed by atoms with Crippen LogP contribution in [0.15, 0.2) is 133 Å². The fourth-order valence-electron chi connectivity index (χ4n) is 10.1. The van der Waals surface area contributed by atoms with Gasteiger partial charge in [0.25, 0.3) is 6.71 Å². The van der Waals surface area contributed by atoms with Crippen molar-refractivity contribution in [3.05, 3.63) is 161 Å². The Morgan fingerprint density at radius 2 is 1.11 bits per heavy atom. The quantitative estimate of drug-likeness (QED) is 0.165. The van der Waals surface area contributed by atoms with Crippen LogP contribution in [0.5, 0.6) is 0 Å². The molecule has 0 unspecified atom stereocenters. The van der Waals surface area contributed by atoms with Crippen LogP contribution in [0.3, 0.4) is 0 Å². The molecule has 2 aliphatic heterocycles. The molecule has 0 radical (unpaired) electrons. The summed E-state index contributed by atoms with van der Waals surface area (Å²) in [5.41, 5.74) is 17.3. The van der Waals surface area contributed by atoms with Gasteiger partial charge in [-0.2, -0.15) is 0 Å². The second-order valence-electron chi connectivity index (χ2n) is 19.7. The zero-order chi connectivity index (χ0) is 39.6. The van der Waals surface area contributed by atoms with Gasteiger partial charge in [-0.3, -0.25) is 0 Å². The van der Waals surface area contributed by atoms with Crippen LogP contribution in [-0.2, 0) is 21.7 Å². The molecule has 0 spiro atoms. The van der Waals surface area contributed by atoms with Crippen LogP contribution in [0.2, 0.25) is 0 Å². The third kappa shape index (κ3) is 5.50. The van der Waals surface area contributed by atoms with Gasteiger partial charge >= 0.3 is 0 Å². The molecular weight excluding hydrogens is 707 g/mol. The first-order chi connectivity index (χ1) is 27.1. The van der Waals surface area contributed by atoms with Crippen LogP contribution in [0, 0.1) is 0 Å². The van der Waals surface area contributed by atoms with Crippen molar-refractivity contribution in [2.24, 2.45) is 0 Å². The maximum Gasteiger partial charge on any atom is 0.264 e. The van der Waals surface area contributed by atoms with E-state index in [0.717, 1.165) is 0 Å². The number of fused-ring (bicyclic) bond motifs is 7. The lowest BCUT2D eigenvalue weighted by Gasteiger charge is -2.44. The molecule has 0 bridgehead atoms. The maximum atomic E-state index is 2.66. The summed E-state index contributed by atoms with van der Waals surface area (Å²) < 4.78 is 2.83. The Morgan fingerprint density at radius 1 is 0.544 bits per heavy atom. The summed E-state index contributed by atoms with van der Waals surface area (Å²) in [6, 6.07) is 51.0. The summed E-state index contributed by atoms with van der Waals surface area (Å²) in [5, 5.41) is 1.38. The highest BCUT2D eigenvalue weighted by molar-refractivity contribution is 7.33. The number of nitrogens with zero attached hydrogens (tertiary/aromatic N) is 2. The minimum atomic E-state index is -0.255. The van der Waals surface area contributed by atoms with Gasteiger partial charge in [0.2, 0.25) is 0 Å². The third-order valence-electron chi connectivity index (χ3n) is 13.8. The van der Waals surface area contributed by atoms with E-state index in [0.29, 0.717) is 0 Å². The molecule has 4 heteroatoms. The van der Waals surface area contributed by atoms with Gasteiger partial charge < -0.3 is 9.80 Å². The molecule has 6 aromatic carbocycles. The molecule has 3 heterocycles. The maximum absolute atomic E-state index is 2.66. The molecular formula is C53H53BN2S. The average molecular weight is 761 g/mol. The van der Waals surface area contributed by atoms with E-state index in [1.165, 1.54) is 101 Å². The molecule has 0 amide bonds. The van der Waals surface area contributed by atoms with E-state index < -0.39 is 0 Å². The summed E-state index contributed by atoms with van der Waals surface area (Å²) in [7, 11) is 0. The third-order valence-corrected chi connectivity index (χ3v) is 15.0. The molecule has 0 N–H and O–H groups in total. The number of benzene rings is 6. The standard InChI is InChI=1S/C53H53BN2S/c1-50(2,3)34-24-26-38(27-25-34)56-45-31-36(53(8,9)35-18-12-10-13-19-35)30-44-47(45)54(42-22-16-17-23-43(42)55(44)37-20-14-11-15-21-37)49-48(56)39-32-40-41(33-46(39)57-49)52(6,7)29-28-51(40,4)5/h10-27,30-33H,28-29H2,1-9H3. The Morgan fingerprint density at radius 3 is 1.75 bits per heavy atom. The van der Waals surface area contributed by atoms with E-state index in [-0.39, 0.29) is 28.4 Å². The Labute approximate surface area is 344 Å². The van der Waals surface area contributed by atoms with Crippen LogP contribution >= 0.6 is 11.3 Å². The number of hydrogen-bond donors (Lipinski definition) is 0. The first kappa shape index (κ1) is 36.3. The van der Waals surface area contributed by atoms with Crippen molar-refractivity contribution in [1.82, 2.24) is 0 Å². The summed E-state index contributed by atoms with van der Waals surface area (Å²) in [6.07, 6.45) is 2.40. The van der Waals surface area contributed by atoms with E-state index in [1.807, 2.05) is 11.3 Å². The second kappa shape index (κ2) is 12.5. The molecule has 57 heavy (non-hydrogen) atoms. The highest BCUT2D eigenvalue weighted by atomic mass is 32.1. The topological polar surface area (TPSA) is 6.48 Å². The van der Waals surface area contributed by atoms with Gasteiger partial charge in [-0.15, -0.1) is 11.3 Å². The van der Waals surface area contributed by atoms with Gasteiger partial charge in [-0.1, -0.05) is 141 Å². The van der Waals surface area contributed by atoms with Crippen molar-refractivity contribution in [2.75, 3.05) is 9.80 Å². The van der Waals surface area contributed by atoms with Crippen LogP contribution in [0.25, 0.3) is 10.1 Å². The normalized spacial score (nSPS) is 16.5. The highest BCUT2D eigenvalue weighted by Crippen LogP contribution is 2.53. The summed E-state index contributed by atoms with van der Waals surface area (Å²) in [5.74, 6) is 0. The molecule has 7 aromatic rings. The van der Waals surface area contributed by atoms with Crippen molar-refractivity contribution < 1.29 is 0 Å². The van der Waals surface area contributed by atoms with Crippen molar-refractivity contribution >= 4 is 78.0 Å². The van der Waals surface area contributed by atoms with Gasteiger partial charge in [0, 0.05) is 48.7 Å². The van der Waals surface area contributed by atoms with Crippen molar-refractivity contribution in [1.29, 1.82) is 0 Å². The Kier molecular flexibility index (Phi) is 7.94. The van der Waals surface area contributed by atoms with Crippen LogP contribution in [-0.4, -0.2) is 6.71 Å². The lowest BCUT2D eigenvalue weighted by Crippen LogP contribution is -2.60. The molecule has 2 nitrogen and oxygen atoms in total. The van der Waals surface area contributed by atoms with Gasteiger partial charge in [-0.05, 0) is 122 Å². The monoisotopic (exact) mass is 760 g/mol. The summed E-state index contributed by atoms with van der Waals surface area (Å²) >= 11 is 2.03. The highest BCUT2D eigenvalue weighted by Gasteiger charge is 2.47. The lowest BCUT2D eigenvalue weighted by molar-refractivity contribution is 0.332. The van der Waals surface area contributed by atoms with Crippen LogP contribution < -0.4 is 25.5 Å². The van der Waals surface area contributed by atoms with Crippen LogP contribution in [0.4, 0.5) is 34.1 Å². The molecule has 0 saturated carbocycles. The largest absolute Gasteiger partial charge is 0.311 e. The predicted molar refractivity (Wildman–Crippen MR) is 248 cm³/mol. The lowest BCUT2D eigenvalue weighted by atomic mass is 9.36. The SMILES string of the molecule is CC(C)(C)c1ccc(N2c3cc(C(C)(C)c4ccccc4)cc4c3B(c3ccccc3N4c3ccccc3)c3sc4cc5c(cc4c32)C(C)(C)CCC5(C)C)cc1. The van der Waals surface area contributed by atoms with Crippen molar-refractivity contribution in [3.8, 4) is 0 Å². The van der Waals surface area contributed by atoms with Crippen molar-refractivity contribution in [3.63, 3.8) is 0 Å². The first-order valence-electron chi connectivity index (χ1n) is 20.9. The zero-order valence-electron chi connectivity index (χ0n) is 35.0. The number of rotatable bonds is 4. The van der Waals surface area contributed by atoms with Crippen LogP contribution in [0.1, 0.15) is 103 Å². The van der Waals surface area contributed by atoms with Crippen molar-refractivity contribution in [2.45, 2.75) is 96.8 Å². The first-order valence-corrected chi connectivity index (χ1v) is 21.7. The van der Waals surface area contributed by atoms with E-state index >= 15 is 0 Å². The van der Waals surface area contributed by atoms with Gasteiger partial charge in [-0.25, -0.2) is 0 Å². The predicted octanol–water partition coefficient (Wildman–Crippen LogP) is 13.0. The number of anilines is 6. The molecule has 1 aliphatic carbocycles. The van der Waals surface area contributed by atoms with Gasteiger partial charge in [0.1, 0.15) is 0 Å². The minimum absolute atomic E-state index is 0.0574. The molecule has 10 rings (SSSR count). The van der Waals surface area contributed by atoms with Gasteiger partial charge in [0.05, 0.1) is 5.69 Å². The van der Waals surface area contributed by atoms with E-state index in [2.05, 4.69) is 206 Å². The zero-order valence-corrected chi connectivity index (χ0v) is 35.8. The molecule has 284 valence electrons. The average Bonchev–Trinajstić information content (AvgIpc) is 3.57. The summed E-state index contributed by atoms with van der Waals surface area (Å²) in [4.78, 5) is 5.20. The molecule has 1 aromatic heterocycles. The molecule has 0 atom stereocenters. The summed E-state index contributed by atoms with van der Waals surface area (Å²) in [6.45, 7) is 21.6. The van der Waals surface area contributed by atoms with E-state index in [4.69, 9.17) is 0 Å². The number of para-hydroxylation sites is 2. The minimum Gasteiger partial charge on any atom is -0.311 e.